The molecular weight excluding hydrogens is 218 g/mol. The summed E-state index contributed by atoms with van der Waals surface area (Å²) in [7, 11) is 0. The van der Waals surface area contributed by atoms with Gasteiger partial charge in [0.15, 0.2) is 0 Å². The normalized spacial score (nSPS) is 10.5. The third-order valence-corrected chi connectivity index (χ3v) is 1.85. The van der Waals surface area contributed by atoms with Crippen LogP contribution < -0.4 is 5.73 Å². The molecule has 1 aromatic heterocycles. The fraction of sp³-hybridized carbons (Fsp3) is 0.400. The molecule has 1 rings (SSSR count). The van der Waals surface area contributed by atoms with E-state index in [1.807, 2.05) is 0 Å². The molecule has 0 aliphatic carbocycles. The zero-order valence-corrected chi connectivity index (χ0v) is 8.74. The molecule has 0 saturated carbocycles. The van der Waals surface area contributed by atoms with E-state index in [1.165, 1.54) is 12.1 Å². The molecule has 0 aliphatic rings. The van der Waals surface area contributed by atoms with Gasteiger partial charge in [0, 0.05) is 0 Å². The number of hydrogen-bond donors (Lipinski definition) is 1. The zero-order chi connectivity index (χ0) is 12.1. The Hall–Kier alpha value is -1.72. The summed E-state index contributed by atoms with van der Waals surface area (Å²) >= 11 is 0. The van der Waals surface area contributed by atoms with Crippen LogP contribution in [0.25, 0.3) is 0 Å². The van der Waals surface area contributed by atoms with Crippen molar-refractivity contribution in [1.82, 2.24) is 4.98 Å². The molecule has 1 heterocycles. The van der Waals surface area contributed by atoms with Gasteiger partial charge in [0.25, 0.3) is 6.43 Å². The van der Waals surface area contributed by atoms with Gasteiger partial charge in [0.1, 0.15) is 5.69 Å². The summed E-state index contributed by atoms with van der Waals surface area (Å²) in [5.74, 6) is -0.500. The average Bonchev–Trinajstić information content (AvgIpc) is 2.21. The van der Waals surface area contributed by atoms with Crippen LogP contribution in [0.15, 0.2) is 12.1 Å². The van der Waals surface area contributed by atoms with Gasteiger partial charge in [0.05, 0.1) is 24.4 Å². The van der Waals surface area contributed by atoms with E-state index in [1.54, 1.807) is 6.92 Å². The summed E-state index contributed by atoms with van der Waals surface area (Å²) in [5, 5.41) is 0. The Morgan fingerprint density at radius 2 is 2.25 bits per heavy atom. The fourth-order valence-electron chi connectivity index (χ4n) is 1.16. The molecule has 0 unspecified atom stereocenters. The summed E-state index contributed by atoms with van der Waals surface area (Å²) < 4.78 is 29.5. The lowest BCUT2D eigenvalue weighted by molar-refractivity contribution is -0.142. The molecule has 6 heteroatoms. The number of nitrogen functional groups attached to an aromatic ring is 1. The summed E-state index contributed by atoms with van der Waals surface area (Å²) in [6.07, 6.45) is -2.88. The number of nitrogens with two attached hydrogens (primary N) is 1. The van der Waals surface area contributed by atoms with Crippen LogP contribution >= 0.6 is 0 Å². The number of carbonyl (C=O) groups excluding carboxylic acids is 1. The van der Waals surface area contributed by atoms with Crippen molar-refractivity contribution >= 4 is 11.7 Å². The molecule has 0 spiro atoms. The second-order valence-corrected chi connectivity index (χ2v) is 3.06. The summed E-state index contributed by atoms with van der Waals surface area (Å²) in [5.41, 5.74) is 4.97. The Bertz CT molecular complexity index is 383. The van der Waals surface area contributed by atoms with Crippen molar-refractivity contribution in [3.05, 3.63) is 23.5 Å². The van der Waals surface area contributed by atoms with Gasteiger partial charge in [-0.1, -0.05) is 0 Å². The van der Waals surface area contributed by atoms with Gasteiger partial charge in [-0.3, -0.25) is 4.79 Å². The Labute approximate surface area is 91.4 Å². The van der Waals surface area contributed by atoms with Crippen LogP contribution in [0.5, 0.6) is 0 Å². The van der Waals surface area contributed by atoms with Gasteiger partial charge in [-0.2, -0.15) is 0 Å². The van der Waals surface area contributed by atoms with Crippen LogP contribution in [0, 0.1) is 0 Å². The van der Waals surface area contributed by atoms with Crippen molar-refractivity contribution in [3.8, 4) is 0 Å². The number of aromatic nitrogens is 1. The number of halogens is 2. The van der Waals surface area contributed by atoms with Gasteiger partial charge in [-0.05, 0) is 19.1 Å². The highest BCUT2D eigenvalue weighted by atomic mass is 19.3. The highest BCUT2D eigenvalue weighted by Crippen LogP contribution is 2.22. The van der Waals surface area contributed by atoms with E-state index in [-0.39, 0.29) is 24.4 Å². The number of pyridine rings is 1. The minimum atomic E-state index is -2.75. The van der Waals surface area contributed by atoms with Crippen molar-refractivity contribution in [1.29, 1.82) is 0 Å². The van der Waals surface area contributed by atoms with Crippen molar-refractivity contribution in [2.45, 2.75) is 19.8 Å². The summed E-state index contributed by atoms with van der Waals surface area (Å²) in [4.78, 5) is 14.7. The monoisotopic (exact) mass is 230 g/mol. The van der Waals surface area contributed by atoms with E-state index in [4.69, 9.17) is 5.73 Å². The topological polar surface area (TPSA) is 65.2 Å². The van der Waals surface area contributed by atoms with E-state index in [0.717, 1.165) is 0 Å². The van der Waals surface area contributed by atoms with E-state index < -0.39 is 18.1 Å². The maximum atomic E-state index is 12.4. The molecule has 0 aromatic carbocycles. The molecule has 0 aliphatic heterocycles. The first-order valence-electron chi connectivity index (χ1n) is 4.73. The first-order valence-corrected chi connectivity index (χ1v) is 4.73. The number of hydrogen-bond acceptors (Lipinski definition) is 4. The summed E-state index contributed by atoms with van der Waals surface area (Å²) in [6.45, 7) is 1.91. The van der Waals surface area contributed by atoms with Crippen molar-refractivity contribution in [2.75, 3.05) is 12.3 Å². The van der Waals surface area contributed by atoms with Crippen LogP contribution in [0.1, 0.15) is 24.7 Å². The quantitative estimate of drug-likeness (QED) is 0.799. The smallest absolute Gasteiger partial charge is 0.311 e. The van der Waals surface area contributed by atoms with E-state index in [9.17, 15) is 13.6 Å². The lowest BCUT2D eigenvalue weighted by Crippen LogP contribution is -2.10. The highest BCUT2D eigenvalue weighted by molar-refractivity contribution is 5.72. The SMILES string of the molecule is CCOC(=O)Cc1ccc(N)c(C(F)F)n1. The number of esters is 1. The number of ether oxygens (including phenoxy) is 1. The first-order chi connectivity index (χ1) is 7.54. The van der Waals surface area contributed by atoms with Gasteiger partial charge < -0.3 is 10.5 Å². The lowest BCUT2D eigenvalue weighted by atomic mass is 10.2. The van der Waals surface area contributed by atoms with E-state index in [2.05, 4.69) is 9.72 Å². The zero-order valence-electron chi connectivity index (χ0n) is 8.74. The maximum Gasteiger partial charge on any atom is 0.311 e. The molecule has 0 fully saturated rings. The molecule has 0 bridgehead atoms. The Kier molecular flexibility index (Phi) is 4.16. The van der Waals surface area contributed by atoms with Crippen molar-refractivity contribution < 1.29 is 18.3 Å². The third kappa shape index (κ3) is 3.15. The molecule has 0 radical (unpaired) electrons. The van der Waals surface area contributed by atoms with Gasteiger partial charge in [0.2, 0.25) is 0 Å². The number of carbonyl (C=O) groups is 1. The Balaban J connectivity index is 2.82. The second kappa shape index (κ2) is 5.39. The summed E-state index contributed by atoms with van der Waals surface area (Å²) in [6, 6.07) is 2.74. The van der Waals surface area contributed by atoms with Crippen molar-refractivity contribution in [2.24, 2.45) is 0 Å². The van der Waals surface area contributed by atoms with Gasteiger partial charge in [-0.25, -0.2) is 13.8 Å². The third-order valence-electron chi connectivity index (χ3n) is 1.85. The van der Waals surface area contributed by atoms with Crippen LogP contribution in [0.2, 0.25) is 0 Å². The van der Waals surface area contributed by atoms with Gasteiger partial charge in [-0.15, -0.1) is 0 Å². The highest BCUT2D eigenvalue weighted by Gasteiger charge is 2.15. The van der Waals surface area contributed by atoms with Crippen LogP contribution in [-0.4, -0.2) is 17.6 Å². The molecule has 16 heavy (non-hydrogen) atoms. The number of anilines is 1. The fourth-order valence-corrected chi connectivity index (χ4v) is 1.16. The molecule has 4 nitrogen and oxygen atoms in total. The van der Waals surface area contributed by atoms with Crippen LogP contribution in [-0.2, 0) is 16.0 Å². The maximum absolute atomic E-state index is 12.4. The number of alkyl halides is 2. The first kappa shape index (κ1) is 12.4. The number of nitrogens with zero attached hydrogens (tertiary/aromatic N) is 1. The predicted molar refractivity (Wildman–Crippen MR) is 53.9 cm³/mol. The molecule has 0 amide bonds. The van der Waals surface area contributed by atoms with Crippen molar-refractivity contribution in [3.63, 3.8) is 0 Å². The molecule has 1 aromatic rings. The molecule has 0 saturated heterocycles. The average molecular weight is 230 g/mol. The molecule has 2 N–H and O–H groups in total. The van der Waals surface area contributed by atoms with Gasteiger partial charge >= 0.3 is 5.97 Å². The standard InChI is InChI=1S/C10H12F2N2O2/c1-2-16-8(15)5-6-3-4-7(13)9(14-6)10(11)12/h3-4,10H,2,5,13H2,1H3. The van der Waals surface area contributed by atoms with Crippen LogP contribution in [0.3, 0.4) is 0 Å². The van der Waals surface area contributed by atoms with E-state index >= 15 is 0 Å². The van der Waals surface area contributed by atoms with Crippen LogP contribution in [0.4, 0.5) is 14.5 Å². The Morgan fingerprint density at radius 3 is 2.81 bits per heavy atom. The van der Waals surface area contributed by atoms with E-state index in [0.29, 0.717) is 0 Å². The molecule has 0 atom stereocenters. The minimum Gasteiger partial charge on any atom is -0.466 e. The molecule has 88 valence electrons. The largest absolute Gasteiger partial charge is 0.466 e. The predicted octanol–water partition coefficient (Wildman–Crippen LogP) is 1.71. The minimum absolute atomic E-state index is 0.0809. The Morgan fingerprint density at radius 1 is 1.56 bits per heavy atom. The molecular formula is C10H12F2N2O2. The lowest BCUT2D eigenvalue weighted by Gasteiger charge is -2.06. The second-order valence-electron chi connectivity index (χ2n) is 3.06. The number of rotatable bonds is 4.